The molecule has 0 amide bonds. The molecule has 0 aliphatic rings. The Morgan fingerprint density at radius 1 is 1.08 bits per heavy atom. The van der Waals surface area contributed by atoms with Gasteiger partial charge >= 0.3 is 0 Å². The molecule has 0 atom stereocenters. The Bertz CT molecular complexity index is 459. The molecule has 0 saturated heterocycles. The normalized spacial score (nSPS) is 9.36. The molecule has 0 aliphatic heterocycles. The average Bonchev–Trinajstić information content (AvgIpc) is 2.63. The van der Waals surface area contributed by atoms with Gasteiger partial charge in [0.15, 0.2) is 0 Å². The first-order chi connectivity index (χ1) is 11.9. The van der Waals surface area contributed by atoms with E-state index >= 15 is 0 Å². The van der Waals surface area contributed by atoms with Gasteiger partial charge < -0.3 is 0 Å². The Morgan fingerprint density at radius 3 is 1.80 bits per heavy atom. The molecule has 0 aliphatic carbocycles. The lowest BCUT2D eigenvalue weighted by Crippen LogP contribution is -1.87. The summed E-state index contributed by atoms with van der Waals surface area (Å²) in [7, 11) is 1.75. The summed E-state index contributed by atoms with van der Waals surface area (Å²) in [4.78, 5) is 3.71. The third-order valence-electron chi connectivity index (χ3n) is 3.03. The van der Waals surface area contributed by atoms with Gasteiger partial charge in [-0.2, -0.15) is 0 Å². The fraction of sp³-hybridized carbons (Fsp3) is 0.458. The van der Waals surface area contributed by atoms with Crippen LogP contribution in [0.3, 0.4) is 0 Å². The number of hydrogen-bond donors (Lipinski definition) is 0. The summed E-state index contributed by atoms with van der Waals surface area (Å²) in [6.45, 7) is 20.3. The minimum Gasteiger partial charge on any atom is -0.297 e. The maximum Gasteiger partial charge on any atom is 0.0277 e. The molecule has 1 nitrogen and oxygen atoms in total. The second kappa shape index (κ2) is 22.1. The fourth-order valence-corrected chi connectivity index (χ4v) is 1.38. The number of rotatable bonds is 4. The van der Waals surface area contributed by atoms with E-state index in [1.807, 2.05) is 45.9 Å². The summed E-state index contributed by atoms with van der Waals surface area (Å²) in [6.07, 6.45) is 10.6. The van der Waals surface area contributed by atoms with Crippen molar-refractivity contribution in [3.63, 3.8) is 0 Å². The third kappa shape index (κ3) is 22.1. The second-order valence-electron chi connectivity index (χ2n) is 5.69. The van der Waals surface area contributed by atoms with Crippen molar-refractivity contribution in [1.29, 1.82) is 0 Å². The molecule has 0 fully saturated rings. The molecule has 1 rings (SSSR count). The van der Waals surface area contributed by atoms with Gasteiger partial charge in [-0.3, -0.25) is 4.99 Å². The molecule has 1 heteroatoms. The molecule has 0 bridgehead atoms. The molecule has 0 unspecified atom stereocenters. The van der Waals surface area contributed by atoms with Crippen LogP contribution in [0.5, 0.6) is 0 Å². The maximum absolute atomic E-state index is 3.71. The van der Waals surface area contributed by atoms with Gasteiger partial charge in [0.2, 0.25) is 0 Å². The van der Waals surface area contributed by atoms with Crippen molar-refractivity contribution < 1.29 is 0 Å². The number of benzene rings is 1. The molecule has 0 N–H and O–H groups in total. The van der Waals surface area contributed by atoms with Gasteiger partial charge in [-0.1, -0.05) is 75.8 Å². The van der Waals surface area contributed by atoms with Gasteiger partial charge in [-0.05, 0) is 57.2 Å². The second-order valence-corrected chi connectivity index (χ2v) is 5.69. The standard InChI is InChI=1S/C12H16.C5H9N.C5H10.C2H6/c1-4-5-11-6-8-12(9-7-11)10(2)3;1-3-4-5-6-2;1-4-5(2)3;1-2/h4,6-10H,1,5H2,2-3H3;3-5H,1-2H3;4H,1-3H3;1-2H3/b;4-3-,6-5?;;. The SMILES string of the molecule is C/C=C\C=NC.C=CCc1ccc(C(C)C)cc1.CC.CC=C(C)C. The van der Waals surface area contributed by atoms with Crippen molar-refractivity contribution in [1.82, 2.24) is 0 Å². The molecule has 0 radical (unpaired) electrons. The number of aliphatic imine (C=N–C) groups is 1. The zero-order chi connectivity index (χ0) is 20.1. The van der Waals surface area contributed by atoms with Crippen LogP contribution in [0.4, 0.5) is 0 Å². The highest BCUT2D eigenvalue weighted by atomic mass is 14.6. The third-order valence-corrected chi connectivity index (χ3v) is 3.03. The molecular formula is C24H41N. The van der Waals surface area contributed by atoms with Crippen molar-refractivity contribution in [3.8, 4) is 0 Å². The lowest BCUT2D eigenvalue weighted by molar-refractivity contribution is 0.865. The summed E-state index contributed by atoms with van der Waals surface area (Å²) in [5, 5.41) is 0. The van der Waals surface area contributed by atoms with Crippen molar-refractivity contribution in [3.05, 3.63) is 71.8 Å². The average molecular weight is 344 g/mol. The van der Waals surface area contributed by atoms with Crippen LogP contribution in [0.1, 0.15) is 72.4 Å². The van der Waals surface area contributed by atoms with Crippen LogP contribution in [0, 0.1) is 0 Å². The molecule has 1 aromatic carbocycles. The highest BCUT2D eigenvalue weighted by molar-refractivity contribution is 5.70. The first-order valence-corrected chi connectivity index (χ1v) is 9.25. The minimum absolute atomic E-state index is 0.628. The van der Waals surface area contributed by atoms with Crippen LogP contribution >= 0.6 is 0 Å². The van der Waals surface area contributed by atoms with E-state index in [1.54, 1.807) is 13.3 Å². The maximum atomic E-state index is 3.71. The zero-order valence-corrected chi connectivity index (χ0v) is 18.1. The predicted molar refractivity (Wildman–Crippen MR) is 120 cm³/mol. The Labute approximate surface area is 158 Å². The minimum atomic E-state index is 0.628. The van der Waals surface area contributed by atoms with E-state index in [0.29, 0.717) is 5.92 Å². The lowest BCUT2D eigenvalue weighted by Gasteiger charge is -2.05. The molecule has 0 saturated carbocycles. The first-order valence-electron chi connectivity index (χ1n) is 9.25. The van der Waals surface area contributed by atoms with Crippen molar-refractivity contribution >= 4 is 6.21 Å². The van der Waals surface area contributed by atoms with Gasteiger partial charge in [-0.25, -0.2) is 0 Å². The molecule has 0 aromatic heterocycles. The molecule has 142 valence electrons. The van der Waals surface area contributed by atoms with E-state index in [-0.39, 0.29) is 0 Å². The van der Waals surface area contributed by atoms with Crippen LogP contribution in [0.15, 0.2) is 65.7 Å². The Balaban J connectivity index is -0.000000315. The van der Waals surface area contributed by atoms with E-state index in [9.17, 15) is 0 Å². The molecule has 0 heterocycles. The highest BCUT2D eigenvalue weighted by Gasteiger charge is 1.97. The van der Waals surface area contributed by atoms with Gasteiger partial charge in [0.05, 0.1) is 0 Å². The van der Waals surface area contributed by atoms with Crippen LogP contribution in [0.2, 0.25) is 0 Å². The topological polar surface area (TPSA) is 12.4 Å². The summed E-state index contributed by atoms with van der Waals surface area (Å²) in [5.41, 5.74) is 4.13. The van der Waals surface area contributed by atoms with Gasteiger partial charge in [-0.15, -0.1) is 6.58 Å². The van der Waals surface area contributed by atoms with E-state index in [1.165, 1.54) is 16.7 Å². The molecular weight excluding hydrogens is 302 g/mol. The Kier molecular flexibility index (Phi) is 24.7. The van der Waals surface area contributed by atoms with Crippen molar-refractivity contribution in [2.24, 2.45) is 4.99 Å². The van der Waals surface area contributed by atoms with E-state index < -0.39 is 0 Å². The first kappa shape index (κ1) is 27.9. The molecule has 25 heavy (non-hydrogen) atoms. The largest absolute Gasteiger partial charge is 0.297 e. The zero-order valence-electron chi connectivity index (χ0n) is 18.1. The van der Waals surface area contributed by atoms with Gasteiger partial charge in [0, 0.05) is 13.3 Å². The lowest BCUT2D eigenvalue weighted by atomic mass is 10.0. The van der Waals surface area contributed by atoms with E-state index in [4.69, 9.17) is 0 Å². The number of hydrogen-bond acceptors (Lipinski definition) is 1. The van der Waals surface area contributed by atoms with Crippen LogP contribution in [-0.4, -0.2) is 13.3 Å². The smallest absolute Gasteiger partial charge is 0.0277 e. The monoisotopic (exact) mass is 343 g/mol. The quantitative estimate of drug-likeness (QED) is 0.390. The predicted octanol–water partition coefficient (Wildman–Crippen LogP) is 7.80. The van der Waals surface area contributed by atoms with Crippen LogP contribution < -0.4 is 0 Å². The van der Waals surface area contributed by atoms with Crippen molar-refractivity contribution in [2.75, 3.05) is 7.05 Å². The molecule has 1 aromatic rings. The van der Waals surface area contributed by atoms with Gasteiger partial charge in [0.25, 0.3) is 0 Å². The number of allylic oxidation sites excluding steroid dienone is 5. The van der Waals surface area contributed by atoms with Gasteiger partial charge in [0.1, 0.15) is 0 Å². The van der Waals surface area contributed by atoms with Crippen LogP contribution in [-0.2, 0) is 6.42 Å². The summed E-state index contributed by atoms with van der Waals surface area (Å²) >= 11 is 0. The number of nitrogens with zero attached hydrogens (tertiary/aromatic N) is 1. The summed E-state index contributed by atoms with van der Waals surface area (Å²) < 4.78 is 0. The van der Waals surface area contributed by atoms with E-state index in [2.05, 4.69) is 69.6 Å². The summed E-state index contributed by atoms with van der Waals surface area (Å²) in [5.74, 6) is 0.628. The summed E-state index contributed by atoms with van der Waals surface area (Å²) in [6, 6.07) is 8.75. The molecule has 0 spiro atoms. The fourth-order valence-electron chi connectivity index (χ4n) is 1.38. The Hall–Kier alpha value is -1.89. The van der Waals surface area contributed by atoms with E-state index in [0.717, 1.165) is 6.42 Å². The highest BCUT2D eigenvalue weighted by Crippen LogP contribution is 2.14. The van der Waals surface area contributed by atoms with Crippen molar-refractivity contribution in [2.45, 2.75) is 67.7 Å². The van der Waals surface area contributed by atoms with Crippen LogP contribution in [0.25, 0.3) is 0 Å². The Morgan fingerprint density at radius 2 is 1.56 bits per heavy atom.